The minimum atomic E-state index is -0.812. The molecule has 0 saturated carbocycles. The zero-order valence-corrected chi connectivity index (χ0v) is 11.8. The van der Waals surface area contributed by atoms with E-state index in [1.54, 1.807) is 12.1 Å². The molecule has 0 atom stereocenters. The van der Waals surface area contributed by atoms with E-state index in [0.717, 1.165) is 22.2 Å². The van der Waals surface area contributed by atoms with Crippen LogP contribution in [0.25, 0.3) is 6.08 Å². The first-order valence-electron chi connectivity index (χ1n) is 5.75. The largest absolute Gasteiger partial charge is 0.318 e. The van der Waals surface area contributed by atoms with Gasteiger partial charge in [0.25, 0.3) is 0 Å². The lowest BCUT2D eigenvalue weighted by Crippen LogP contribution is -2.10. The van der Waals surface area contributed by atoms with Gasteiger partial charge < -0.3 is 5.32 Å². The van der Waals surface area contributed by atoms with E-state index in [1.807, 2.05) is 18.2 Å². The van der Waals surface area contributed by atoms with Crippen molar-refractivity contribution in [2.45, 2.75) is 0 Å². The molecule has 2 nitrogen and oxygen atoms in total. The van der Waals surface area contributed by atoms with Crippen LogP contribution in [0.1, 0.15) is 5.56 Å². The summed E-state index contributed by atoms with van der Waals surface area (Å²) < 4.78 is 27.5. The summed E-state index contributed by atoms with van der Waals surface area (Å²) in [6.07, 6.45) is 2.77. The number of amides is 1. The highest BCUT2D eigenvalue weighted by molar-refractivity contribution is 9.10. The summed E-state index contributed by atoms with van der Waals surface area (Å²) in [7, 11) is 0. The van der Waals surface area contributed by atoms with E-state index in [4.69, 9.17) is 0 Å². The number of hydrogen-bond donors (Lipinski definition) is 1. The third-order valence-corrected chi connectivity index (χ3v) is 3.25. The minimum Gasteiger partial charge on any atom is -0.318 e. The van der Waals surface area contributed by atoms with E-state index >= 15 is 0 Å². The molecule has 2 aromatic carbocycles. The molecule has 0 aliphatic rings. The lowest BCUT2D eigenvalue weighted by atomic mass is 10.2. The fourth-order valence-electron chi connectivity index (χ4n) is 1.56. The molecular formula is C15H10BrF2NO. The van der Waals surface area contributed by atoms with Crippen molar-refractivity contribution >= 4 is 33.6 Å². The van der Waals surface area contributed by atoms with Gasteiger partial charge in [-0.15, -0.1) is 0 Å². The average Bonchev–Trinajstić information content (AvgIpc) is 2.42. The fourth-order valence-corrected chi connectivity index (χ4v) is 1.97. The molecule has 0 spiro atoms. The van der Waals surface area contributed by atoms with Crippen molar-refractivity contribution in [1.29, 1.82) is 0 Å². The number of para-hydroxylation sites is 1. The molecule has 102 valence electrons. The number of anilines is 1. The summed E-state index contributed by atoms with van der Waals surface area (Å²) in [5.74, 6) is -2.23. The smallest absolute Gasteiger partial charge is 0.248 e. The van der Waals surface area contributed by atoms with Gasteiger partial charge in [-0.05, 0) is 29.8 Å². The molecule has 2 rings (SSSR count). The number of hydrogen-bond acceptors (Lipinski definition) is 1. The predicted octanol–water partition coefficient (Wildman–Crippen LogP) is 4.38. The second-order valence-electron chi connectivity index (χ2n) is 3.94. The summed E-state index contributed by atoms with van der Waals surface area (Å²) in [6.45, 7) is 0. The fraction of sp³-hybridized carbons (Fsp3) is 0. The van der Waals surface area contributed by atoms with Crippen molar-refractivity contribution in [3.8, 4) is 0 Å². The first kappa shape index (κ1) is 14.4. The van der Waals surface area contributed by atoms with Crippen LogP contribution < -0.4 is 5.32 Å². The van der Waals surface area contributed by atoms with E-state index in [2.05, 4.69) is 21.2 Å². The van der Waals surface area contributed by atoms with Crippen LogP contribution >= 0.6 is 15.9 Å². The predicted molar refractivity (Wildman–Crippen MR) is 78.2 cm³/mol. The van der Waals surface area contributed by atoms with Crippen LogP contribution in [0, 0.1) is 11.6 Å². The maximum atomic E-state index is 13.4. The molecule has 5 heteroatoms. The Kier molecular flexibility index (Phi) is 4.63. The summed E-state index contributed by atoms with van der Waals surface area (Å²) in [5, 5.41) is 2.18. The Labute approximate surface area is 123 Å². The van der Waals surface area contributed by atoms with Crippen LogP contribution in [0.5, 0.6) is 0 Å². The third kappa shape index (κ3) is 3.51. The average molecular weight is 338 g/mol. The number of carbonyl (C=O) groups excluding carboxylic acids is 1. The molecule has 1 N–H and O–H groups in total. The summed E-state index contributed by atoms with van der Waals surface area (Å²) in [4.78, 5) is 11.7. The summed E-state index contributed by atoms with van der Waals surface area (Å²) in [5.41, 5.74) is 0.339. The van der Waals surface area contributed by atoms with Crippen LogP contribution in [-0.4, -0.2) is 5.91 Å². The maximum absolute atomic E-state index is 13.4. The van der Waals surface area contributed by atoms with E-state index in [-0.39, 0.29) is 0 Å². The quantitative estimate of drug-likeness (QED) is 0.827. The zero-order valence-electron chi connectivity index (χ0n) is 10.2. The molecule has 20 heavy (non-hydrogen) atoms. The molecule has 2 aromatic rings. The van der Waals surface area contributed by atoms with Gasteiger partial charge in [-0.1, -0.05) is 40.2 Å². The van der Waals surface area contributed by atoms with Crippen molar-refractivity contribution in [3.63, 3.8) is 0 Å². The Morgan fingerprint density at radius 1 is 1.05 bits per heavy atom. The minimum absolute atomic E-state index is 0.450. The first-order valence-corrected chi connectivity index (χ1v) is 6.55. The van der Waals surface area contributed by atoms with Crippen LogP contribution in [-0.2, 0) is 4.79 Å². The third-order valence-electron chi connectivity index (χ3n) is 2.53. The molecule has 0 aliphatic carbocycles. The van der Waals surface area contributed by atoms with Crippen molar-refractivity contribution in [2.75, 3.05) is 5.32 Å². The van der Waals surface area contributed by atoms with Crippen molar-refractivity contribution in [3.05, 3.63) is 70.2 Å². The molecule has 0 aliphatic heterocycles. The van der Waals surface area contributed by atoms with Gasteiger partial charge in [-0.3, -0.25) is 4.79 Å². The highest BCUT2D eigenvalue weighted by atomic mass is 79.9. The van der Waals surface area contributed by atoms with Gasteiger partial charge in [0.2, 0.25) is 5.91 Å². The standard InChI is InChI=1S/C15H10BrF2NO/c16-11-5-2-1-4-10(11)8-9-14(20)19-15-12(17)6-3-7-13(15)18/h1-9H,(H,19,20). The summed E-state index contributed by atoms with van der Waals surface area (Å²) >= 11 is 3.33. The molecule has 0 fully saturated rings. The topological polar surface area (TPSA) is 29.1 Å². The van der Waals surface area contributed by atoms with Crippen molar-refractivity contribution in [1.82, 2.24) is 0 Å². The Bertz CT molecular complexity index is 650. The summed E-state index contributed by atoms with van der Waals surface area (Å²) in [6, 6.07) is 10.7. The second-order valence-corrected chi connectivity index (χ2v) is 4.80. The number of halogens is 3. The Balaban J connectivity index is 2.12. The van der Waals surface area contributed by atoms with Gasteiger partial charge in [0.05, 0.1) is 0 Å². The van der Waals surface area contributed by atoms with Crippen LogP contribution in [0.3, 0.4) is 0 Å². The lowest BCUT2D eigenvalue weighted by Gasteiger charge is -2.04. The van der Waals surface area contributed by atoms with Gasteiger partial charge in [-0.2, -0.15) is 0 Å². The SMILES string of the molecule is O=C(C=Cc1ccccc1Br)Nc1c(F)cccc1F. The highest BCUT2D eigenvalue weighted by Gasteiger charge is 2.09. The molecule has 0 radical (unpaired) electrons. The van der Waals surface area contributed by atoms with Gasteiger partial charge >= 0.3 is 0 Å². The number of carbonyl (C=O) groups is 1. The molecule has 0 heterocycles. The van der Waals surface area contributed by atoms with E-state index in [9.17, 15) is 13.6 Å². The highest BCUT2D eigenvalue weighted by Crippen LogP contribution is 2.19. The van der Waals surface area contributed by atoms with Crippen LogP contribution in [0.4, 0.5) is 14.5 Å². The van der Waals surface area contributed by atoms with Gasteiger partial charge in [0, 0.05) is 10.5 Å². The van der Waals surface area contributed by atoms with E-state index in [1.165, 1.54) is 12.1 Å². The Morgan fingerprint density at radius 3 is 2.35 bits per heavy atom. The van der Waals surface area contributed by atoms with Gasteiger partial charge in [-0.25, -0.2) is 8.78 Å². The molecule has 0 saturated heterocycles. The molecule has 0 unspecified atom stereocenters. The normalized spacial score (nSPS) is 10.8. The monoisotopic (exact) mass is 337 g/mol. The maximum Gasteiger partial charge on any atom is 0.248 e. The molecule has 1 amide bonds. The number of benzene rings is 2. The lowest BCUT2D eigenvalue weighted by molar-refractivity contribution is -0.111. The van der Waals surface area contributed by atoms with Crippen molar-refractivity contribution in [2.24, 2.45) is 0 Å². The van der Waals surface area contributed by atoms with Gasteiger partial charge in [0.1, 0.15) is 17.3 Å². The zero-order chi connectivity index (χ0) is 14.5. The van der Waals surface area contributed by atoms with Crippen LogP contribution in [0.15, 0.2) is 53.0 Å². The molecule has 0 bridgehead atoms. The van der Waals surface area contributed by atoms with E-state index in [0.29, 0.717) is 0 Å². The number of rotatable bonds is 3. The van der Waals surface area contributed by atoms with E-state index < -0.39 is 23.2 Å². The number of nitrogens with one attached hydrogen (secondary N) is 1. The Hall–Kier alpha value is -2.01. The first-order chi connectivity index (χ1) is 9.58. The van der Waals surface area contributed by atoms with Crippen LogP contribution in [0.2, 0.25) is 0 Å². The molecule has 0 aromatic heterocycles. The Morgan fingerprint density at radius 2 is 1.70 bits per heavy atom. The van der Waals surface area contributed by atoms with Gasteiger partial charge in [0.15, 0.2) is 0 Å². The van der Waals surface area contributed by atoms with Crippen molar-refractivity contribution < 1.29 is 13.6 Å². The second kappa shape index (κ2) is 6.43. The molecular weight excluding hydrogens is 328 g/mol.